The average Bonchev–Trinajstić information content (AvgIpc) is 2.21. The SMILES string of the molecule is CC=CCOCCCCCCNCC. The van der Waals surface area contributed by atoms with Crippen LogP contribution in [-0.2, 0) is 4.74 Å². The molecular weight excluding hydrogens is 174 g/mol. The molecule has 84 valence electrons. The van der Waals surface area contributed by atoms with Gasteiger partial charge in [-0.2, -0.15) is 0 Å². The summed E-state index contributed by atoms with van der Waals surface area (Å²) in [5.74, 6) is 0. The first-order chi connectivity index (χ1) is 6.91. The van der Waals surface area contributed by atoms with Crippen LogP contribution in [0.1, 0.15) is 39.5 Å². The van der Waals surface area contributed by atoms with E-state index in [1.54, 1.807) is 0 Å². The Kier molecular flexibility index (Phi) is 12.4. The fourth-order valence-corrected chi connectivity index (χ4v) is 1.23. The summed E-state index contributed by atoms with van der Waals surface area (Å²) in [7, 11) is 0. The molecule has 2 heteroatoms. The van der Waals surface area contributed by atoms with Crippen molar-refractivity contribution in [1.82, 2.24) is 5.32 Å². The summed E-state index contributed by atoms with van der Waals surface area (Å²) >= 11 is 0. The van der Waals surface area contributed by atoms with E-state index < -0.39 is 0 Å². The van der Waals surface area contributed by atoms with Crippen LogP contribution in [0.15, 0.2) is 12.2 Å². The Morgan fingerprint density at radius 2 is 1.93 bits per heavy atom. The van der Waals surface area contributed by atoms with E-state index in [2.05, 4.69) is 12.2 Å². The molecule has 0 radical (unpaired) electrons. The van der Waals surface area contributed by atoms with Crippen LogP contribution < -0.4 is 5.32 Å². The summed E-state index contributed by atoms with van der Waals surface area (Å²) in [4.78, 5) is 0. The van der Waals surface area contributed by atoms with E-state index in [9.17, 15) is 0 Å². The highest BCUT2D eigenvalue weighted by molar-refractivity contribution is 4.75. The minimum atomic E-state index is 0.772. The van der Waals surface area contributed by atoms with Gasteiger partial charge in [-0.1, -0.05) is 31.9 Å². The lowest BCUT2D eigenvalue weighted by atomic mass is 10.2. The second-order valence-corrected chi connectivity index (χ2v) is 3.41. The van der Waals surface area contributed by atoms with Gasteiger partial charge in [0.2, 0.25) is 0 Å². The molecule has 0 aliphatic rings. The van der Waals surface area contributed by atoms with Gasteiger partial charge < -0.3 is 10.1 Å². The van der Waals surface area contributed by atoms with E-state index in [4.69, 9.17) is 4.74 Å². The Morgan fingerprint density at radius 1 is 1.14 bits per heavy atom. The second kappa shape index (κ2) is 12.7. The average molecular weight is 199 g/mol. The van der Waals surface area contributed by atoms with Crippen molar-refractivity contribution in [3.8, 4) is 0 Å². The third-order valence-corrected chi connectivity index (χ3v) is 2.09. The fraction of sp³-hybridized carbons (Fsp3) is 0.833. The van der Waals surface area contributed by atoms with Crippen LogP contribution in [0.25, 0.3) is 0 Å². The van der Waals surface area contributed by atoms with Gasteiger partial charge in [0.15, 0.2) is 0 Å². The van der Waals surface area contributed by atoms with Crippen molar-refractivity contribution in [1.29, 1.82) is 0 Å². The first kappa shape index (κ1) is 13.7. The first-order valence-electron chi connectivity index (χ1n) is 5.81. The quantitative estimate of drug-likeness (QED) is 0.431. The van der Waals surface area contributed by atoms with Crippen molar-refractivity contribution in [2.24, 2.45) is 0 Å². The molecule has 0 unspecified atom stereocenters. The molecule has 0 spiro atoms. The lowest BCUT2D eigenvalue weighted by Crippen LogP contribution is -2.13. The van der Waals surface area contributed by atoms with Gasteiger partial charge in [0.05, 0.1) is 6.61 Å². The molecule has 2 nitrogen and oxygen atoms in total. The van der Waals surface area contributed by atoms with E-state index in [0.717, 1.165) is 26.3 Å². The number of rotatable bonds is 10. The summed E-state index contributed by atoms with van der Waals surface area (Å²) < 4.78 is 5.40. The van der Waals surface area contributed by atoms with Crippen LogP contribution in [0.4, 0.5) is 0 Å². The van der Waals surface area contributed by atoms with Crippen molar-refractivity contribution in [2.45, 2.75) is 39.5 Å². The number of hydrogen-bond acceptors (Lipinski definition) is 2. The van der Waals surface area contributed by atoms with Crippen LogP contribution in [0.5, 0.6) is 0 Å². The molecule has 0 aromatic carbocycles. The molecule has 0 aromatic rings. The largest absolute Gasteiger partial charge is 0.377 e. The zero-order valence-electron chi connectivity index (χ0n) is 9.72. The molecule has 0 saturated heterocycles. The van der Waals surface area contributed by atoms with Gasteiger partial charge in [-0.25, -0.2) is 0 Å². The maximum atomic E-state index is 5.40. The second-order valence-electron chi connectivity index (χ2n) is 3.41. The summed E-state index contributed by atoms with van der Waals surface area (Å²) in [6.07, 6.45) is 9.18. The van der Waals surface area contributed by atoms with E-state index in [0.29, 0.717) is 0 Å². The molecule has 0 amide bonds. The maximum Gasteiger partial charge on any atom is 0.0647 e. The van der Waals surface area contributed by atoms with Crippen molar-refractivity contribution >= 4 is 0 Å². The highest BCUT2D eigenvalue weighted by atomic mass is 16.5. The highest BCUT2D eigenvalue weighted by Crippen LogP contribution is 1.99. The van der Waals surface area contributed by atoms with Crippen LogP contribution in [-0.4, -0.2) is 26.3 Å². The fourth-order valence-electron chi connectivity index (χ4n) is 1.23. The first-order valence-corrected chi connectivity index (χ1v) is 5.81. The Labute approximate surface area is 88.7 Å². The molecule has 0 bridgehead atoms. The molecule has 0 rings (SSSR count). The third-order valence-electron chi connectivity index (χ3n) is 2.09. The van der Waals surface area contributed by atoms with E-state index in [-0.39, 0.29) is 0 Å². The monoisotopic (exact) mass is 199 g/mol. The standard InChI is InChI=1S/C12H25NO/c1-3-5-11-14-12-9-7-6-8-10-13-4-2/h3,5,13H,4,6-12H2,1-2H3. The van der Waals surface area contributed by atoms with Gasteiger partial charge in [-0.15, -0.1) is 0 Å². The molecule has 0 atom stereocenters. The highest BCUT2D eigenvalue weighted by Gasteiger charge is 1.89. The minimum absolute atomic E-state index is 0.772. The molecule has 0 aliphatic carbocycles. The van der Waals surface area contributed by atoms with Crippen LogP contribution in [0.3, 0.4) is 0 Å². The van der Waals surface area contributed by atoms with E-state index in [1.165, 1.54) is 25.7 Å². The lowest BCUT2D eigenvalue weighted by molar-refractivity contribution is 0.157. The van der Waals surface area contributed by atoms with Gasteiger partial charge in [0.1, 0.15) is 0 Å². The molecule has 0 heterocycles. The normalized spacial score (nSPS) is 11.3. The Bertz CT molecular complexity index is 123. The van der Waals surface area contributed by atoms with E-state index >= 15 is 0 Å². The molecule has 0 aliphatic heterocycles. The zero-order chi connectivity index (χ0) is 10.5. The van der Waals surface area contributed by atoms with Gasteiger partial charge >= 0.3 is 0 Å². The molecule has 0 fully saturated rings. The van der Waals surface area contributed by atoms with Crippen molar-refractivity contribution in [3.05, 3.63) is 12.2 Å². The minimum Gasteiger partial charge on any atom is -0.377 e. The number of allylic oxidation sites excluding steroid dienone is 1. The summed E-state index contributed by atoms with van der Waals surface area (Å²) in [5, 5.41) is 3.33. The number of hydrogen-bond donors (Lipinski definition) is 1. The molecule has 14 heavy (non-hydrogen) atoms. The molecule has 0 saturated carbocycles. The van der Waals surface area contributed by atoms with Gasteiger partial charge in [0.25, 0.3) is 0 Å². The van der Waals surface area contributed by atoms with Gasteiger partial charge in [0, 0.05) is 6.61 Å². The maximum absolute atomic E-state index is 5.40. The Balaban J connectivity index is 2.85. The predicted octanol–water partition coefficient (Wildman–Crippen LogP) is 2.75. The number of nitrogens with one attached hydrogen (secondary N) is 1. The van der Waals surface area contributed by atoms with Crippen molar-refractivity contribution in [3.63, 3.8) is 0 Å². The van der Waals surface area contributed by atoms with Crippen LogP contribution >= 0.6 is 0 Å². The molecular formula is C12H25NO. The van der Waals surface area contributed by atoms with Gasteiger partial charge in [-0.3, -0.25) is 0 Å². The van der Waals surface area contributed by atoms with Crippen molar-refractivity contribution < 1.29 is 4.74 Å². The van der Waals surface area contributed by atoms with Crippen molar-refractivity contribution in [2.75, 3.05) is 26.3 Å². The Morgan fingerprint density at radius 3 is 2.64 bits per heavy atom. The summed E-state index contributed by atoms with van der Waals surface area (Å²) in [5.41, 5.74) is 0. The lowest BCUT2D eigenvalue weighted by Gasteiger charge is -2.02. The predicted molar refractivity (Wildman–Crippen MR) is 62.6 cm³/mol. The number of ether oxygens (including phenoxy) is 1. The topological polar surface area (TPSA) is 21.3 Å². The van der Waals surface area contributed by atoms with Crippen LogP contribution in [0, 0.1) is 0 Å². The Hall–Kier alpha value is -0.340. The molecule has 0 aromatic heterocycles. The summed E-state index contributed by atoms with van der Waals surface area (Å²) in [6, 6.07) is 0. The van der Waals surface area contributed by atoms with Crippen LogP contribution in [0.2, 0.25) is 0 Å². The molecule has 1 N–H and O–H groups in total. The summed E-state index contributed by atoms with van der Waals surface area (Å²) in [6.45, 7) is 8.10. The number of unbranched alkanes of at least 4 members (excludes halogenated alkanes) is 3. The third kappa shape index (κ3) is 11.7. The smallest absolute Gasteiger partial charge is 0.0647 e. The zero-order valence-corrected chi connectivity index (χ0v) is 9.72. The van der Waals surface area contributed by atoms with Gasteiger partial charge in [-0.05, 0) is 32.9 Å². The van der Waals surface area contributed by atoms with E-state index in [1.807, 2.05) is 19.1 Å².